The van der Waals surface area contributed by atoms with Crippen molar-refractivity contribution in [1.29, 1.82) is 0 Å². The highest BCUT2D eigenvalue weighted by Gasteiger charge is 2.19. The van der Waals surface area contributed by atoms with Crippen molar-refractivity contribution in [2.24, 2.45) is 0 Å². The van der Waals surface area contributed by atoms with E-state index < -0.39 is 5.97 Å². The van der Waals surface area contributed by atoms with Gasteiger partial charge in [0.2, 0.25) is 6.39 Å². The molecule has 0 unspecified atom stereocenters. The van der Waals surface area contributed by atoms with Crippen LogP contribution in [-0.4, -0.2) is 38.2 Å². The maximum Gasteiger partial charge on any atom is 0.360 e. The van der Waals surface area contributed by atoms with Crippen molar-refractivity contribution in [2.75, 3.05) is 7.11 Å². The van der Waals surface area contributed by atoms with Crippen molar-refractivity contribution in [3.8, 4) is 0 Å². The molecule has 2 heterocycles. The summed E-state index contributed by atoms with van der Waals surface area (Å²) in [7, 11) is 1.31. The number of methoxy groups -OCH3 is 1. The zero-order valence-electron chi connectivity index (χ0n) is 9.45. The van der Waals surface area contributed by atoms with Crippen molar-refractivity contribution < 1.29 is 14.1 Å². The maximum atomic E-state index is 11.4. The average molecular weight is 237 g/mol. The number of hydrogen-bond donors (Lipinski definition) is 0. The second-order valence-electron chi connectivity index (χ2n) is 3.23. The minimum Gasteiger partial charge on any atom is -0.464 e. The monoisotopic (exact) mass is 237 g/mol. The second kappa shape index (κ2) is 4.73. The van der Waals surface area contributed by atoms with Crippen LogP contribution in [0, 0.1) is 0 Å². The van der Waals surface area contributed by atoms with E-state index in [0.29, 0.717) is 24.5 Å². The van der Waals surface area contributed by atoms with Gasteiger partial charge in [-0.15, -0.1) is 5.10 Å². The third-order valence-corrected chi connectivity index (χ3v) is 2.25. The fourth-order valence-electron chi connectivity index (χ4n) is 1.46. The normalized spacial score (nSPS) is 10.5. The Morgan fingerprint density at radius 1 is 1.59 bits per heavy atom. The van der Waals surface area contributed by atoms with E-state index in [1.807, 2.05) is 6.92 Å². The first kappa shape index (κ1) is 11.2. The first-order chi connectivity index (χ1) is 8.26. The highest BCUT2D eigenvalue weighted by molar-refractivity contribution is 5.88. The second-order valence-corrected chi connectivity index (χ2v) is 3.23. The highest BCUT2D eigenvalue weighted by atomic mass is 16.5. The Labute approximate surface area is 96.6 Å². The van der Waals surface area contributed by atoms with E-state index in [1.165, 1.54) is 13.5 Å². The Balaban J connectivity index is 2.29. The Kier molecular flexibility index (Phi) is 3.12. The van der Waals surface area contributed by atoms with Gasteiger partial charge in [0.15, 0.2) is 11.5 Å². The molecule has 2 aromatic rings. The highest BCUT2D eigenvalue weighted by Crippen LogP contribution is 2.09. The molecule has 0 saturated carbocycles. The summed E-state index contributed by atoms with van der Waals surface area (Å²) in [5.41, 5.74) is 0.903. The number of nitrogens with zero attached hydrogens (tertiary/aromatic N) is 5. The molecule has 0 aliphatic rings. The van der Waals surface area contributed by atoms with Crippen molar-refractivity contribution in [1.82, 2.24) is 25.1 Å². The molecular formula is C9H11N5O3. The van der Waals surface area contributed by atoms with Crippen LogP contribution in [0.5, 0.6) is 0 Å². The molecule has 0 amide bonds. The van der Waals surface area contributed by atoms with Crippen molar-refractivity contribution in [3.05, 3.63) is 23.6 Å². The predicted molar refractivity (Wildman–Crippen MR) is 54.1 cm³/mol. The van der Waals surface area contributed by atoms with Crippen molar-refractivity contribution >= 4 is 5.97 Å². The van der Waals surface area contributed by atoms with Crippen LogP contribution < -0.4 is 0 Å². The van der Waals surface area contributed by atoms with Crippen LogP contribution in [-0.2, 0) is 17.7 Å². The Morgan fingerprint density at radius 2 is 2.41 bits per heavy atom. The van der Waals surface area contributed by atoms with Gasteiger partial charge in [0.05, 0.1) is 12.8 Å². The van der Waals surface area contributed by atoms with E-state index in [9.17, 15) is 4.79 Å². The Bertz CT molecular complexity index is 505. The number of rotatable bonds is 4. The number of ether oxygens (including phenoxy) is 1. The van der Waals surface area contributed by atoms with Gasteiger partial charge in [-0.25, -0.2) is 9.48 Å². The zero-order chi connectivity index (χ0) is 12.3. The number of aromatic nitrogens is 5. The number of carbonyl (C=O) groups excluding carboxylic acids is 1. The Morgan fingerprint density at radius 3 is 3.00 bits per heavy atom. The van der Waals surface area contributed by atoms with E-state index in [0.717, 1.165) is 0 Å². The van der Waals surface area contributed by atoms with E-state index >= 15 is 0 Å². The third kappa shape index (κ3) is 2.14. The van der Waals surface area contributed by atoms with Crippen LogP contribution >= 0.6 is 0 Å². The molecule has 0 spiro atoms. The van der Waals surface area contributed by atoms with Gasteiger partial charge >= 0.3 is 5.97 Å². The summed E-state index contributed by atoms with van der Waals surface area (Å²) in [6.45, 7) is 2.21. The zero-order valence-corrected chi connectivity index (χ0v) is 9.45. The first-order valence-corrected chi connectivity index (χ1v) is 5.02. The van der Waals surface area contributed by atoms with Gasteiger partial charge in [0.25, 0.3) is 0 Å². The van der Waals surface area contributed by atoms with E-state index in [2.05, 4.69) is 29.7 Å². The van der Waals surface area contributed by atoms with Crippen LogP contribution in [0.3, 0.4) is 0 Å². The van der Waals surface area contributed by atoms with Crippen molar-refractivity contribution in [2.45, 2.75) is 19.9 Å². The molecule has 0 fully saturated rings. The smallest absolute Gasteiger partial charge is 0.360 e. The van der Waals surface area contributed by atoms with Gasteiger partial charge in [0.1, 0.15) is 6.54 Å². The molecular weight excluding hydrogens is 226 g/mol. The molecule has 0 atom stereocenters. The summed E-state index contributed by atoms with van der Waals surface area (Å²) in [5.74, 6) is -0.0257. The van der Waals surface area contributed by atoms with Gasteiger partial charge < -0.3 is 9.26 Å². The minimum atomic E-state index is -0.499. The lowest BCUT2D eigenvalue weighted by Crippen LogP contribution is -2.10. The lowest BCUT2D eigenvalue weighted by atomic mass is 10.2. The molecule has 17 heavy (non-hydrogen) atoms. The molecule has 0 saturated heterocycles. The largest absolute Gasteiger partial charge is 0.464 e. The molecule has 0 bridgehead atoms. The fraction of sp³-hybridized carbons (Fsp3) is 0.444. The van der Waals surface area contributed by atoms with E-state index in [-0.39, 0.29) is 5.69 Å². The topological polar surface area (TPSA) is 95.9 Å². The minimum absolute atomic E-state index is 0.221. The summed E-state index contributed by atoms with van der Waals surface area (Å²) < 4.78 is 10.8. The molecule has 0 aliphatic carbocycles. The molecule has 0 radical (unpaired) electrons. The van der Waals surface area contributed by atoms with Crippen LogP contribution in [0.2, 0.25) is 0 Å². The van der Waals surface area contributed by atoms with Gasteiger partial charge in [-0.05, 0) is 6.42 Å². The standard InChI is InChI=1S/C9H11N5O3/c1-3-6-8(9(15)16-2)11-13-14(6)4-7-10-5-17-12-7/h5H,3-4H2,1-2H3. The molecule has 8 nitrogen and oxygen atoms in total. The fourth-order valence-corrected chi connectivity index (χ4v) is 1.46. The molecule has 0 N–H and O–H groups in total. The number of esters is 1. The number of carbonyl (C=O) groups is 1. The summed E-state index contributed by atoms with van der Waals surface area (Å²) in [4.78, 5) is 15.3. The quantitative estimate of drug-likeness (QED) is 0.693. The van der Waals surface area contributed by atoms with Crippen LogP contribution in [0.15, 0.2) is 10.9 Å². The maximum absolute atomic E-state index is 11.4. The lowest BCUT2D eigenvalue weighted by molar-refractivity contribution is 0.0592. The summed E-state index contributed by atoms with van der Waals surface area (Å²) >= 11 is 0. The lowest BCUT2D eigenvalue weighted by Gasteiger charge is -2.02. The first-order valence-electron chi connectivity index (χ1n) is 5.02. The molecule has 0 aromatic carbocycles. The number of hydrogen-bond acceptors (Lipinski definition) is 7. The third-order valence-electron chi connectivity index (χ3n) is 2.25. The van der Waals surface area contributed by atoms with E-state index in [1.54, 1.807) is 4.68 Å². The molecule has 2 rings (SSSR count). The van der Waals surface area contributed by atoms with Gasteiger partial charge in [-0.3, -0.25) is 0 Å². The van der Waals surface area contributed by atoms with E-state index in [4.69, 9.17) is 0 Å². The molecule has 0 aliphatic heterocycles. The van der Waals surface area contributed by atoms with Crippen molar-refractivity contribution in [3.63, 3.8) is 0 Å². The Hall–Kier alpha value is -2.25. The van der Waals surface area contributed by atoms with Gasteiger partial charge in [0, 0.05) is 0 Å². The summed E-state index contributed by atoms with van der Waals surface area (Å²) in [6.07, 6.45) is 1.84. The van der Waals surface area contributed by atoms with Crippen LogP contribution in [0.4, 0.5) is 0 Å². The van der Waals surface area contributed by atoms with Gasteiger partial charge in [-0.1, -0.05) is 17.3 Å². The summed E-state index contributed by atoms with van der Waals surface area (Å²) in [5, 5.41) is 11.3. The molecule has 2 aromatic heterocycles. The van der Waals surface area contributed by atoms with Gasteiger partial charge in [-0.2, -0.15) is 4.98 Å². The molecule has 8 heteroatoms. The average Bonchev–Trinajstić information content (AvgIpc) is 2.97. The summed E-state index contributed by atoms with van der Waals surface area (Å²) in [6, 6.07) is 0. The molecule has 90 valence electrons. The predicted octanol–water partition coefficient (Wildman–Crippen LogP) is 0.0584. The van der Waals surface area contributed by atoms with Crippen LogP contribution in [0.1, 0.15) is 28.9 Å². The van der Waals surface area contributed by atoms with Crippen LogP contribution in [0.25, 0.3) is 0 Å². The SMILES string of the molecule is CCc1c(C(=O)OC)nnn1Cc1ncon1.